The summed E-state index contributed by atoms with van der Waals surface area (Å²) in [4.78, 5) is 20.4. The van der Waals surface area contributed by atoms with Crippen molar-refractivity contribution in [2.75, 3.05) is 32.7 Å². The van der Waals surface area contributed by atoms with Gasteiger partial charge in [0.1, 0.15) is 0 Å². The van der Waals surface area contributed by atoms with E-state index >= 15 is 0 Å². The van der Waals surface area contributed by atoms with E-state index in [1.165, 1.54) is 17.5 Å². The van der Waals surface area contributed by atoms with Crippen molar-refractivity contribution in [2.24, 2.45) is 4.99 Å². The summed E-state index contributed by atoms with van der Waals surface area (Å²) >= 11 is 0. The van der Waals surface area contributed by atoms with Gasteiger partial charge in [0.25, 0.3) is 0 Å². The monoisotopic (exact) mass is 328 g/mol. The van der Waals surface area contributed by atoms with Gasteiger partial charge in [0.15, 0.2) is 5.96 Å². The van der Waals surface area contributed by atoms with Crippen molar-refractivity contribution in [2.45, 2.75) is 39.2 Å². The molecule has 3 rings (SSSR count). The smallest absolute Gasteiger partial charge is 0.219 e. The van der Waals surface area contributed by atoms with Crippen LogP contribution in [-0.4, -0.2) is 60.4 Å². The van der Waals surface area contributed by atoms with Crippen LogP contribution in [0, 0.1) is 6.92 Å². The number of aliphatic imine (C=N–C) groups is 1. The second kappa shape index (κ2) is 7.24. The standard InChI is InChI=1S/C19H28N4O/c1-4-20-19(23-11-9-22(10-12-23)15(3)24)21-18-13-17(18)16-8-6-5-7-14(16)2/h5-8,17-18H,4,9-13H2,1-3H3,(H,20,21). The highest BCUT2D eigenvalue weighted by atomic mass is 16.2. The molecule has 1 aromatic rings. The summed E-state index contributed by atoms with van der Waals surface area (Å²) in [6.45, 7) is 9.95. The second-order valence-electron chi connectivity index (χ2n) is 6.74. The first kappa shape index (κ1) is 16.8. The third kappa shape index (κ3) is 3.71. The number of guanidine groups is 1. The van der Waals surface area contributed by atoms with Crippen molar-refractivity contribution in [1.82, 2.24) is 15.1 Å². The SMILES string of the molecule is CCN=C(NC1CC1c1ccccc1C)N1CCN(C(C)=O)CC1. The van der Waals surface area contributed by atoms with E-state index in [1.54, 1.807) is 6.92 Å². The Morgan fingerprint density at radius 1 is 1.21 bits per heavy atom. The van der Waals surface area contributed by atoms with E-state index < -0.39 is 0 Å². The maximum absolute atomic E-state index is 11.5. The molecule has 0 aromatic heterocycles. The van der Waals surface area contributed by atoms with Crippen LogP contribution in [0.2, 0.25) is 0 Å². The van der Waals surface area contributed by atoms with E-state index in [4.69, 9.17) is 0 Å². The van der Waals surface area contributed by atoms with E-state index in [2.05, 4.69) is 53.3 Å². The molecule has 24 heavy (non-hydrogen) atoms. The lowest BCUT2D eigenvalue weighted by Gasteiger charge is -2.36. The molecule has 1 heterocycles. The van der Waals surface area contributed by atoms with Gasteiger partial charge in [0, 0.05) is 51.6 Å². The topological polar surface area (TPSA) is 47.9 Å². The number of nitrogens with zero attached hydrogens (tertiary/aromatic N) is 3. The molecule has 1 aliphatic heterocycles. The molecule has 2 unspecified atom stereocenters. The molecule has 1 N–H and O–H groups in total. The van der Waals surface area contributed by atoms with Gasteiger partial charge < -0.3 is 15.1 Å². The number of aryl methyl sites for hydroxylation is 1. The molecule has 0 bridgehead atoms. The van der Waals surface area contributed by atoms with Crippen molar-refractivity contribution in [3.05, 3.63) is 35.4 Å². The zero-order chi connectivity index (χ0) is 17.1. The van der Waals surface area contributed by atoms with Gasteiger partial charge in [-0.25, -0.2) is 0 Å². The molecule has 130 valence electrons. The molecule has 0 spiro atoms. The number of rotatable bonds is 3. The maximum Gasteiger partial charge on any atom is 0.219 e. The maximum atomic E-state index is 11.5. The quantitative estimate of drug-likeness (QED) is 0.682. The first-order valence-corrected chi connectivity index (χ1v) is 8.97. The largest absolute Gasteiger partial charge is 0.353 e. The molecule has 5 nitrogen and oxygen atoms in total. The Morgan fingerprint density at radius 3 is 2.50 bits per heavy atom. The fraction of sp³-hybridized carbons (Fsp3) is 0.579. The van der Waals surface area contributed by atoms with Gasteiger partial charge in [-0.15, -0.1) is 0 Å². The van der Waals surface area contributed by atoms with Gasteiger partial charge in [0.2, 0.25) is 5.91 Å². The Hall–Kier alpha value is -2.04. The van der Waals surface area contributed by atoms with Crippen LogP contribution in [0.4, 0.5) is 0 Å². The van der Waals surface area contributed by atoms with Crippen LogP contribution in [0.3, 0.4) is 0 Å². The number of carbonyl (C=O) groups is 1. The number of piperazine rings is 1. The summed E-state index contributed by atoms with van der Waals surface area (Å²) in [5.74, 6) is 1.76. The molecule has 2 aliphatic rings. The van der Waals surface area contributed by atoms with Crippen LogP contribution in [-0.2, 0) is 4.79 Å². The van der Waals surface area contributed by atoms with Crippen LogP contribution in [0.15, 0.2) is 29.3 Å². The zero-order valence-electron chi connectivity index (χ0n) is 15.0. The Kier molecular flexibility index (Phi) is 5.07. The van der Waals surface area contributed by atoms with Gasteiger partial charge >= 0.3 is 0 Å². The predicted molar refractivity (Wildman–Crippen MR) is 97.3 cm³/mol. The molecule has 5 heteroatoms. The van der Waals surface area contributed by atoms with E-state index in [1.807, 2.05) is 4.90 Å². The summed E-state index contributed by atoms with van der Waals surface area (Å²) in [5.41, 5.74) is 2.82. The average molecular weight is 328 g/mol. The third-order valence-electron chi connectivity index (χ3n) is 5.03. The Morgan fingerprint density at radius 2 is 1.88 bits per heavy atom. The molecule has 0 radical (unpaired) electrons. The number of benzene rings is 1. The van der Waals surface area contributed by atoms with E-state index in [9.17, 15) is 4.79 Å². The van der Waals surface area contributed by atoms with Gasteiger partial charge in [-0.3, -0.25) is 9.79 Å². The highest BCUT2D eigenvalue weighted by Gasteiger charge is 2.40. The summed E-state index contributed by atoms with van der Waals surface area (Å²) in [7, 11) is 0. The number of hydrogen-bond donors (Lipinski definition) is 1. The minimum atomic E-state index is 0.165. The normalized spacial score (nSPS) is 24.0. The highest BCUT2D eigenvalue weighted by Crippen LogP contribution is 2.42. The molecule has 2 fully saturated rings. The molecule has 1 saturated carbocycles. The summed E-state index contributed by atoms with van der Waals surface area (Å²) in [6, 6.07) is 9.13. The Balaban J connectivity index is 1.60. The van der Waals surface area contributed by atoms with E-state index in [-0.39, 0.29) is 5.91 Å². The highest BCUT2D eigenvalue weighted by molar-refractivity contribution is 5.81. The number of hydrogen-bond acceptors (Lipinski definition) is 2. The van der Waals surface area contributed by atoms with Crippen molar-refractivity contribution in [3.63, 3.8) is 0 Å². The predicted octanol–water partition coefficient (Wildman–Crippen LogP) is 1.98. The summed E-state index contributed by atoms with van der Waals surface area (Å²) in [5, 5.41) is 3.65. The number of carbonyl (C=O) groups excluding carboxylic acids is 1. The molecule has 1 aromatic carbocycles. The van der Waals surface area contributed by atoms with Gasteiger partial charge in [0.05, 0.1) is 0 Å². The lowest BCUT2D eigenvalue weighted by molar-refractivity contribution is -0.130. The molecule has 1 aliphatic carbocycles. The minimum absolute atomic E-state index is 0.165. The Labute approximate surface area is 144 Å². The fourth-order valence-corrected chi connectivity index (χ4v) is 3.49. The van der Waals surface area contributed by atoms with Crippen molar-refractivity contribution in [3.8, 4) is 0 Å². The lowest BCUT2D eigenvalue weighted by atomic mass is 10.0. The van der Waals surface area contributed by atoms with Crippen LogP contribution < -0.4 is 5.32 Å². The zero-order valence-corrected chi connectivity index (χ0v) is 15.0. The first-order chi connectivity index (χ1) is 11.6. The number of nitrogens with one attached hydrogen (secondary N) is 1. The molecule has 1 amide bonds. The Bertz CT molecular complexity index is 620. The van der Waals surface area contributed by atoms with E-state index in [0.717, 1.165) is 38.7 Å². The van der Waals surface area contributed by atoms with Crippen LogP contribution in [0.5, 0.6) is 0 Å². The van der Waals surface area contributed by atoms with Crippen LogP contribution >= 0.6 is 0 Å². The lowest BCUT2D eigenvalue weighted by Crippen LogP contribution is -2.53. The van der Waals surface area contributed by atoms with Gasteiger partial charge in [-0.1, -0.05) is 24.3 Å². The third-order valence-corrected chi connectivity index (χ3v) is 5.03. The van der Waals surface area contributed by atoms with Gasteiger partial charge in [-0.2, -0.15) is 0 Å². The van der Waals surface area contributed by atoms with Crippen LogP contribution in [0.25, 0.3) is 0 Å². The summed E-state index contributed by atoms with van der Waals surface area (Å²) < 4.78 is 0. The van der Waals surface area contributed by atoms with Crippen molar-refractivity contribution in [1.29, 1.82) is 0 Å². The second-order valence-corrected chi connectivity index (χ2v) is 6.74. The summed E-state index contributed by atoms with van der Waals surface area (Å²) in [6.07, 6.45) is 1.17. The first-order valence-electron chi connectivity index (χ1n) is 8.97. The van der Waals surface area contributed by atoms with Crippen LogP contribution in [0.1, 0.15) is 37.3 Å². The molecular formula is C19H28N4O. The molecular weight excluding hydrogens is 300 g/mol. The molecule has 1 saturated heterocycles. The molecule has 2 atom stereocenters. The van der Waals surface area contributed by atoms with Crippen molar-refractivity contribution < 1.29 is 4.79 Å². The van der Waals surface area contributed by atoms with Crippen molar-refractivity contribution >= 4 is 11.9 Å². The fourth-order valence-electron chi connectivity index (χ4n) is 3.49. The minimum Gasteiger partial charge on any atom is -0.353 e. The number of amides is 1. The average Bonchev–Trinajstić information content (AvgIpc) is 3.34. The van der Waals surface area contributed by atoms with E-state index in [0.29, 0.717) is 12.0 Å². The van der Waals surface area contributed by atoms with Gasteiger partial charge in [-0.05, 0) is 31.4 Å².